The number of phenols is 2. The number of nitrogens with two attached hydrogens (primary N) is 1. The van der Waals surface area contributed by atoms with Crippen molar-refractivity contribution in [3.05, 3.63) is 23.8 Å². The Kier molecular flexibility index (Phi) is 3.14. The van der Waals surface area contributed by atoms with Gasteiger partial charge in [0.1, 0.15) is 0 Å². The van der Waals surface area contributed by atoms with Crippen molar-refractivity contribution in [2.75, 3.05) is 0 Å². The Morgan fingerprint density at radius 3 is 2.69 bits per heavy atom. The minimum Gasteiger partial charge on any atom is -0.504 e. The van der Waals surface area contributed by atoms with Gasteiger partial charge in [0.2, 0.25) is 0 Å². The van der Waals surface area contributed by atoms with Gasteiger partial charge in [0, 0.05) is 6.04 Å². The Morgan fingerprint density at radius 2 is 2.08 bits per heavy atom. The predicted molar refractivity (Wildman–Crippen MR) is 51.7 cm³/mol. The van der Waals surface area contributed by atoms with Gasteiger partial charge in [-0.25, -0.2) is 0 Å². The topological polar surface area (TPSA) is 66.5 Å². The quantitative estimate of drug-likeness (QED) is 0.617. The monoisotopic (exact) mass is 181 g/mol. The van der Waals surface area contributed by atoms with Gasteiger partial charge in [-0.05, 0) is 24.5 Å². The van der Waals surface area contributed by atoms with E-state index >= 15 is 0 Å². The molecule has 0 bridgehead atoms. The van der Waals surface area contributed by atoms with Crippen LogP contribution in [-0.2, 0) is 6.42 Å². The van der Waals surface area contributed by atoms with Gasteiger partial charge in [-0.2, -0.15) is 0 Å². The molecule has 0 amide bonds. The van der Waals surface area contributed by atoms with Crippen LogP contribution in [0.2, 0.25) is 0 Å². The Bertz CT molecular complexity index is 286. The van der Waals surface area contributed by atoms with Gasteiger partial charge in [0.05, 0.1) is 0 Å². The molecule has 1 rings (SSSR count). The molecule has 3 nitrogen and oxygen atoms in total. The second kappa shape index (κ2) is 4.14. The fraction of sp³-hybridized carbons (Fsp3) is 0.400. The van der Waals surface area contributed by atoms with E-state index < -0.39 is 0 Å². The molecule has 1 aromatic rings. The summed E-state index contributed by atoms with van der Waals surface area (Å²) in [6, 6.07) is 4.96. The van der Waals surface area contributed by atoms with Crippen LogP contribution in [-0.4, -0.2) is 16.3 Å². The molecule has 0 aliphatic heterocycles. The van der Waals surface area contributed by atoms with Crippen LogP contribution in [0.1, 0.15) is 18.9 Å². The highest BCUT2D eigenvalue weighted by Crippen LogP contribution is 2.28. The van der Waals surface area contributed by atoms with Crippen molar-refractivity contribution < 1.29 is 10.2 Å². The van der Waals surface area contributed by atoms with Crippen molar-refractivity contribution in [1.29, 1.82) is 0 Å². The van der Waals surface area contributed by atoms with Gasteiger partial charge >= 0.3 is 0 Å². The zero-order valence-electron chi connectivity index (χ0n) is 7.70. The van der Waals surface area contributed by atoms with E-state index in [4.69, 9.17) is 5.73 Å². The predicted octanol–water partition coefficient (Wildman–Crippen LogP) is 1.38. The molecule has 0 spiro atoms. The molecule has 0 saturated heterocycles. The van der Waals surface area contributed by atoms with Crippen molar-refractivity contribution in [2.24, 2.45) is 5.73 Å². The Labute approximate surface area is 77.8 Å². The van der Waals surface area contributed by atoms with Gasteiger partial charge in [0.15, 0.2) is 11.5 Å². The number of hydrogen-bond acceptors (Lipinski definition) is 3. The van der Waals surface area contributed by atoms with E-state index in [-0.39, 0.29) is 17.5 Å². The Balaban J connectivity index is 2.83. The number of rotatable bonds is 3. The fourth-order valence-corrected chi connectivity index (χ4v) is 1.17. The van der Waals surface area contributed by atoms with E-state index in [0.717, 1.165) is 6.42 Å². The second-order valence-corrected chi connectivity index (χ2v) is 3.16. The highest BCUT2D eigenvalue weighted by atomic mass is 16.3. The summed E-state index contributed by atoms with van der Waals surface area (Å²) in [5.74, 6) is -0.132. The lowest BCUT2D eigenvalue weighted by Crippen LogP contribution is -2.21. The summed E-state index contributed by atoms with van der Waals surface area (Å²) in [7, 11) is 0. The molecule has 0 radical (unpaired) electrons. The maximum atomic E-state index is 9.44. The molecule has 0 aliphatic rings. The summed E-state index contributed by atoms with van der Waals surface area (Å²) >= 11 is 0. The summed E-state index contributed by atoms with van der Waals surface area (Å²) < 4.78 is 0. The molecule has 1 aromatic carbocycles. The Hall–Kier alpha value is -1.22. The smallest absolute Gasteiger partial charge is 0.160 e. The lowest BCUT2D eigenvalue weighted by Gasteiger charge is -2.10. The van der Waals surface area contributed by atoms with Gasteiger partial charge in [-0.15, -0.1) is 0 Å². The fourth-order valence-electron chi connectivity index (χ4n) is 1.17. The van der Waals surface area contributed by atoms with Crippen LogP contribution in [0, 0.1) is 0 Å². The number of para-hydroxylation sites is 1. The van der Waals surface area contributed by atoms with Crippen LogP contribution in [0.25, 0.3) is 0 Å². The molecular formula is C10H15NO2. The number of hydrogen-bond donors (Lipinski definition) is 3. The molecule has 13 heavy (non-hydrogen) atoms. The zero-order valence-corrected chi connectivity index (χ0v) is 7.70. The van der Waals surface area contributed by atoms with Crippen molar-refractivity contribution in [3.8, 4) is 11.5 Å². The highest BCUT2D eigenvalue weighted by Gasteiger charge is 2.08. The minimum absolute atomic E-state index is 0.0349. The Morgan fingerprint density at radius 1 is 1.38 bits per heavy atom. The summed E-state index contributed by atoms with van der Waals surface area (Å²) in [4.78, 5) is 0. The number of phenolic OH excluding ortho intramolecular Hbond substituents is 2. The van der Waals surface area contributed by atoms with Gasteiger partial charge < -0.3 is 15.9 Å². The SMILES string of the molecule is CCC(N)Cc1cccc(O)c1O. The van der Waals surface area contributed by atoms with E-state index in [1.807, 2.05) is 6.92 Å². The van der Waals surface area contributed by atoms with E-state index in [2.05, 4.69) is 0 Å². The largest absolute Gasteiger partial charge is 0.504 e. The molecule has 1 atom stereocenters. The maximum absolute atomic E-state index is 9.44. The van der Waals surface area contributed by atoms with Crippen molar-refractivity contribution in [1.82, 2.24) is 0 Å². The third-order valence-corrected chi connectivity index (χ3v) is 2.10. The first-order valence-corrected chi connectivity index (χ1v) is 4.40. The minimum atomic E-state index is -0.0826. The molecule has 0 heterocycles. The van der Waals surface area contributed by atoms with E-state index in [1.54, 1.807) is 12.1 Å². The molecule has 0 fully saturated rings. The summed E-state index contributed by atoms with van der Waals surface area (Å²) in [5.41, 5.74) is 6.43. The molecule has 0 aliphatic carbocycles. The molecule has 4 N–H and O–H groups in total. The zero-order chi connectivity index (χ0) is 9.84. The van der Waals surface area contributed by atoms with Gasteiger partial charge in [-0.3, -0.25) is 0 Å². The third-order valence-electron chi connectivity index (χ3n) is 2.10. The summed E-state index contributed by atoms with van der Waals surface area (Å²) in [5, 5.41) is 18.6. The van der Waals surface area contributed by atoms with Gasteiger partial charge in [0.25, 0.3) is 0 Å². The van der Waals surface area contributed by atoms with Crippen molar-refractivity contribution in [2.45, 2.75) is 25.8 Å². The number of aromatic hydroxyl groups is 2. The number of benzene rings is 1. The van der Waals surface area contributed by atoms with E-state index in [0.29, 0.717) is 12.0 Å². The molecular weight excluding hydrogens is 166 g/mol. The van der Waals surface area contributed by atoms with Crippen LogP contribution in [0.3, 0.4) is 0 Å². The average Bonchev–Trinajstić information content (AvgIpc) is 2.13. The summed E-state index contributed by atoms with van der Waals surface area (Å²) in [6.45, 7) is 1.99. The molecule has 3 heteroatoms. The highest BCUT2D eigenvalue weighted by molar-refractivity contribution is 5.44. The van der Waals surface area contributed by atoms with Crippen LogP contribution < -0.4 is 5.73 Å². The molecule has 0 aromatic heterocycles. The van der Waals surface area contributed by atoms with Crippen molar-refractivity contribution >= 4 is 0 Å². The standard InChI is InChI=1S/C10H15NO2/c1-2-8(11)6-7-4-3-5-9(12)10(7)13/h3-5,8,12-13H,2,6,11H2,1H3. The lowest BCUT2D eigenvalue weighted by atomic mass is 10.0. The lowest BCUT2D eigenvalue weighted by molar-refractivity contribution is 0.397. The molecule has 0 saturated carbocycles. The van der Waals surface area contributed by atoms with Crippen LogP contribution in [0.15, 0.2) is 18.2 Å². The van der Waals surface area contributed by atoms with Crippen LogP contribution in [0.4, 0.5) is 0 Å². The average molecular weight is 181 g/mol. The first-order valence-electron chi connectivity index (χ1n) is 4.40. The first kappa shape index (κ1) is 9.86. The van der Waals surface area contributed by atoms with Crippen LogP contribution >= 0.6 is 0 Å². The van der Waals surface area contributed by atoms with E-state index in [9.17, 15) is 10.2 Å². The maximum Gasteiger partial charge on any atom is 0.160 e. The third kappa shape index (κ3) is 2.36. The first-order chi connectivity index (χ1) is 6.15. The van der Waals surface area contributed by atoms with Crippen LogP contribution in [0.5, 0.6) is 11.5 Å². The molecule has 72 valence electrons. The second-order valence-electron chi connectivity index (χ2n) is 3.16. The normalized spacial score (nSPS) is 12.8. The molecule has 1 unspecified atom stereocenters. The van der Waals surface area contributed by atoms with E-state index in [1.165, 1.54) is 6.07 Å². The van der Waals surface area contributed by atoms with Crippen molar-refractivity contribution in [3.63, 3.8) is 0 Å². The summed E-state index contributed by atoms with van der Waals surface area (Å²) in [6.07, 6.45) is 1.45. The van der Waals surface area contributed by atoms with Gasteiger partial charge in [-0.1, -0.05) is 19.1 Å².